The molecule has 2 aromatic heterocycles. The average Bonchev–Trinajstić information content (AvgIpc) is 3.32. The van der Waals surface area contributed by atoms with Gasteiger partial charge in [0.1, 0.15) is 0 Å². The fourth-order valence-corrected chi connectivity index (χ4v) is 5.13. The van der Waals surface area contributed by atoms with Gasteiger partial charge in [-0.3, -0.25) is 4.79 Å². The Morgan fingerprint density at radius 3 is 2.50 bits per heavy atom. The van der Waals surface area contributed by atoms with Crippen molar-refractivity contribution in [2.75, 3.05) is 11.1 Å². The van der Waals surface area contributed by atoms with Gasteiger partial charge in [0, 0.05) is 34.1 Å². The van der Waals surface area contributed by atoms with Crippen LogP contribution in [0.5, 0.6) is 0 Å². The number of benzene rings is 2. The Bertz CT molecular complexity index is 1270. The number of aryl methyl sites for hydroxylation is 4. The number of carbonyl (C=O) groups is 1. The summed E-state index contributed by atoms with van der Waals surface area (Å²) in [6.07, 6.45) is 0. The highest BCUT2D eigenvalue weighted by Gasteiger charge is 2.19. The van der Waals surface area contributed by atoms with Crippen molar-refractivity contribution in [2.24, 2.45) is 7.05 Å². The van der Waals surface area contributed by atoms with Crippen LogP contribution in [0.15, 0.2) is 53.0 Å². The molecule has 4 rings (SSSR count). The second-order valence-electron chi connectivity index (χ2n) is 7.97. The van der Waals surface area contributed by atoms with E-state index in [0.29, 0.717) is 0 Å². The summed E-state index contributed by atoms with van der Waals surface area (Å²) in [6.45, 7) is 8.23. The molecule has 7 heteroatoms. The Morgan fingerprint density at radius 2 is 1.75 bits per heavy atom. The second kappa shape index (κ2) is 9.30. The van der Waals surface area contributed by atoms with Crippen molar-refractivity contribution in [1.29, 1.82) is 0 Å². The van der Waals surface area contributed by atoms with Crippen LogP contribution in [0.3, 0.4) is 0 Å². The number of hydrogen-bond acceptors (Lipinski definition) is 5. The van der Waals surface area contributed by atoms with Crippen molar-refractivity contribution in [3.05, 3.63) is 69.4 Å². The quantitative estimate of drug-likeness (QED) is 0.348. The lowest BCUT2D eigenvalue weighted by molar-refractivity contribution is -0.113. The number of hydrogen-bond donors (Lipinski definition) is 1. The van der Waals surface area contributed by atoms with Crippen molar-refractivity contribution in [2.45, 2.75) is 32.9 Å². The molecule has 0 atom stereocenters. The molecule has 5 nitrogen and oxygen atoms in total. The van der Waals surface area contributed by atoms with Gasteiger partial charge < -0.3 is 9.88 Å². The molecule has 32 heavy (non-hydrogen) atoms. The average molecular weight is 463 g/mol. The Labute approximate surface area is 196 Å². The molecule has 0 spiro atoms. The molecule has 2 heterocycles. The number of amides is 1. The number of rotatable bonds is 6. The first-order valence-electron chi connectivity index (χ1n) is 10.4. The van der Waals surface area contributed by atoms with Crippen LogP contribution in [-0.4, -0.2) is 26.4 Å². The van der Waals surface area contributed by atoms with Crippen LogP contribution in [-0.2, 0) is 11.8 Å². The molecule has 0 aliphatic carbocycles. The van der Waals surface area contributed by atoms with Crippen LogP contribution < -0.4 is 5.32 Å². The minimum Gasteiger partial charge on any atom is -0.325 e. The third-order valence-electron chi connectivity index (χ3n) is 5.39. The Hall–Kier alpha value is -2.90. The first-order valence-corrected chi connectivity index (χ1v) is 12.2. The van der Waals surface area contributed by atoms with E-state index in [1.807, 2.05) is 43.7 Å². The number of nitrogens with zero attached hydrogens (tertiary/aromatic N) is 3. The van der Waals surface area contributed by atoms with Crippen LogP contribution in [0.2, 0.25) is 0 Å². The molecule has 4 aromatic rings. The maximum atomic E-state index is 12.5. The smallest absolute Gasteiger partial charge is 0.234 e. The summed E-state index contributed by atoms with van der Waals surface area (Å²) < 4.78 is 1.97. The first kappa shape index (κ1) is 22.3. The topological polar surface area (TPSA) is 59.8 Å². The van der Waals surface area contributed by atoms with E-state index in [1.165, 1.54) is 33.3 Å². The SMILES string of the molecule is Cc1ccc(-c2c(-c3nnc(SCC(=O)Nc4cc(C)ccc4C)n3C)csc2C)cc1. The molecule has 0 unspecified atom stereocenters. The number of nitrogens with one attached hydrogen (secondary N) is 1. The molecule has 0 bridgehead atoms. The van der Waals surface area contributed by atoms with E-state index in [9.17, 15) is 4.79 Å². The largest absolute Gasteiger partial charge is 0.325 e. The van der Waals surface area contributed by atoms with Crippen LogP contribution in [0.4, 0.5) is 5.69 Å². The molecular weight excluding hydrogens is 436 g/mol. The Balaban J connectivity index is 1.52. The highest BCUT2D eigenvalue weighted by atomic mass is 32.2. The third kappa shape index (κ3) is 4.64. The Kier molecular flexibility index (Phi) is 6.48. The highest BCUT2D eigenvalue weighted by molar-refractivity contribution is 7.99. The summed E-state index contributed by atoms with van der Waals surface area (Å²) in [6, 6.07) is 14.6. The highest BCUT2D eigenvalue weighted by Crippen LogP contribution is 2.39. The van der Waals surface area contributed by atoms with Crippen LogP contribution in [0, 0.1) is 27.7 Å². The first-order chi connectivity index (χ1) is 15.3. The summed E-state index contributed by atoms with van der Waals surface area (Å²) in [5.74, 6) is 1.02. The van der Waals surface area contributed by atoms with E-state index < -0.39 is 0 Å². The van der Waals surface area contributed by atoms with E-state index in [-0.39, 0.29) is 11.7 Å². The standard InChI is InChI=1S/C25H26N4OS2/c1-15-7-10-19(11-8-15)23-18(4)31-13-20(23)24-27-28-25(29(24)5)32-14-22(30)26-21-12-16(2)6-9-17(21)3/h6-13H,14H2,1-5H3,(H,26,30). The number of thiophene rings is 1. The lowest BCUT2D eigenvalue weighted by atomic mass is 10.0. The molecule has 0 fully saturated rings. The van der Waals surface area contributed by atoms with Crippen LogP contribution in [0.25, 0.3) is 22.5 Å². The molecule has 0 aliphatic heterocycles. The van der Waals surface area contributed by atoms with Gasteiger partial charge in [-0.1, -0.05) is 53.7 Å². The van der Waals surface area contributed by atoms with Gasteiger partial charge >= 0.3 is 0 Å². The number of carbonyl (C=O) groups excluding carboxylic acids is 1. The van der Waals surface area contributed by atoms with Crippen molar-refractivity contribution in [3.63, 3.8) is 0 Å². The second-order valence-corrected chi connectivity index (χ2v) is 9.99. The van der Waals surface area contributed by atoms with E-state index in [1.54, 1.807) is 11.3 Å². The van der Waals surface area contributed by atoms with Crippen molar-refractivity contribution in [3.8, 4) is 22.5 Å². The summed E-state index contributed by atoms with van der Waals surface area (Å²) >= 11 is 3.10. The Morgan fingerprint density at radius 1 is 1.03 bits per heavy atom. The van der Waals surface area contributed by atoms with E-state index >= 15 is 0 Å². The monoisotopic (exact) mass is 462 g/mol. The van der Waals surface area contributed by atoms with Gasteiger partial charge in [-0.2, -0.15) is 0 Å². The van der Waals surface area contributed by atoms with Gasteiger partial charge in [0.25, 0.3) is 0 Å². The summed E-state index contributed by atoms with van der Waals surface area (Å²) in [5.41, 5.74) is 7.69. The minimum atomic E-state index is -0.0556. The molecular formula is C25H26N4OS2. The summed E-state index contributed by atoms with van der Waals surface area (Å²) in [4.78, 5) is 13.8. The number of thioether (sulfide) groups is 1. The predicted octanol–water partition coefficient (Wildman–Crippen LogP) is 6.18. The van der Waals surface area contributed by atoms with Gasteiger partial charge in [0.2, 0.25) is 5.91 Å². The normalized spacial score (nSPS) is 11.0. The zero-order valence-corrected chi connectivity index (χ0v) is 20.5. The van der Waals surface area contributed by atoms with Gasteiger partial charge in [-0.05, 0) is 50.5 Å². The molecule has 0 saturated heterocycles. The van der Waals surface area contributed by atoms with Gasteiger partial charge in [0.05, 0.1) is 5.75 Å². The molecule has 1 amide bonds. The third-order valence-corrected chi connectivity index (χ3v) is 7.32. The van der Waals surface area contributed by atoms with E-state index in [4.69, 9.17) is 0 Å². The zero-order chi connectivity index (χ0) is 22.8. The molecule has 0 aliphatic rings. The van der Waals surface area contributed by atoms with Crippen molar-refractivity contribution < 1.29 is 4.79 Å². The lowest BCUT2D eigenvalue weighted by Crippen LogP contribution is -2.15. The molecule has 1 N–H and O–H groups in total. The van der Waals surface area contributed by atoms with Gasteiger partial charge in [-0.15, -0.1) is 21.5 Å². The molecule has 2 aromatic carbocycles. The van der Waals surface area contributed by atoms with Crippen LogP contribution in [0.1, 0.15) is 21.6 Å². The maximum Gasteiger partial charge on any atom is 0.234 e. The van der Waals surface area contributed by atoms with E-state index in [0.717, 1.165) is 33.4 Å². The summed E-state index contributed by atoms with van der Waals surface area (Å²) in [5, 5.41) is 14.7. The minimum absolute atomic E-state index is 0.0556. The maximum absolute atomic E-state index is 12.5. The van der Waals surface area contributed by atoms with E-state index in [2.05, 4.69) is 59.0 Å². The zero-order valence-electron chi connectivity index (χ0n) is 18.9. The van der Waals surface area contributed by atoms with Gasteiger partial charge in [0.15, 0.2) is 11.0 Å². The number of aromatic nitrogens is 3. The molecule has 164 valence electrons. The van der Waals surface area contributed by atoms with Crippen molar-refractivity contribution >= 4 is 34.7 Å². The molecule has 0 radical (unpaired) electrons. The van der Waals surface area contributed by atoms with Gasteiger partial charge in [-0.25, -0.2) is 0 Å². The summed E-state index contributed by atoms with van der Waals surface area (Å²) in [7, 11) is 1.95. The lowest BCUT2D eigenvalue weighted by Gasteiger charge is -2.09. The molecule has 0 saturated carbocycles. The fraction of sp³-hybridized carbons (Fsp3) is 0.240. The van der Waals surface area contributed by atoms with Crippen LogP contribution >= 0.6 is 23.1 Å². The van der Waals surface area contributed by atoms with Crippen molar-refractivity contribution in [1.82, 2.24) is 14.8 Å². The fourth-order valence-electron chi connectivity index (χ4n) is 3.56. The number of anilines is 1. The predicted molar refractivity (Wildman–Crippen MR) is 134 cm³/mol.